The largest absolute Gasteiger partial charge is 0.465 e. The van der Waals surface area contributed by atoms with Gasteiger partial charge in [0.2, 0.25) is 0 Å². The van der Waals surface area contributed by atoms with Crippen molar-refractivity contribution in [2.45, 2.75) is 13.3 Å². The van der Waals surface area contributed by atoms with Gasteiger partial charge in [-0.15, -0.1) is 0 Å². The lowest BCUT2D eigenvalue weighted by molar-refractivity contribution is 0.0601. The molecular formula is C13H15N3O2. The molecule has 0 spiro atoms. The van der Waals surface area contributed by atoms with Crippen LogP contribution in [0.25, 0.3) is 11.1 Å². The Labute approximate surface area is 105 Å². The summed E-state index contributed by atoms with van der Waals surface area (Å²) in [5.41, 5.74) is 9.01. The third-order valence-corrected chi connectivity index (χ3v) is 2.80. The minimum Gasteiger partial charge on any atom is -0.465 e. The second-order valence-corrected chi connectivity index (χ2v) is 3.89. The number of nitrogens with one attached hydrogen (secondary N) is 1. The lowest BCUT2D eigenvalue weighted by Gasteiger charge is -2.05. The third-order valence-electron chi connectivity index (χ3n) is 2.80. The number of rotatable bonds is 3. The van der Waals surface area contributed by atoms with Gasteiger partial charge in [-0.3, -0.25) is 5.10 Å². The van der Waals surface area contributed by atoms with Crippen molar-refractivity contribution in [1.82, 2.24) is 10.2 Å². The maximum atomic E-state index is 11.5. The molecule has 2 rings (SSSR count). The summed E-state index contributed by atoms with van der Waals surface area (Å²) in [7, 11) is 1.36. The lowest BCUT2D eigenvalue weighted by atomic mass is 10.0. The lowest BCUT2D eigenvalue weighted by Crippen LogP contribution is -2.01. The van der Waals surface area contributed by atoms with Gasteiger partial charge in [-0.25, -0.2) is 4.79 Å². The van der Waals surface area contributed by atoms with Crippen LogP contribution >= 0.6 is 0 Å². The van der Waals surface area contributed by atoms with E-state index < -0.39 is 0 Å². The highest BCUT2D eigenvalue weighted by Gasteiger charge is 2.13. The smallest absolute Gasteiger partial charge is 0.337 e. The standard InChI is InChI=1S/C13H15N3O2/c1-3-10-11(12(14)16-15-10)8-5-4-6-9(7-8)13(17)18-2/h4-7H,3H2,1-2H3,(H3,14,15,16). The SMILES string of the molecule is CCc1[nH]nc(N)c1-c1cccc(C(=O)OC)c1. The van der Waals surface area contributed by atoms with Crippen LogP contribution in [0.3, 0.4) is 0 Å². The Bertz CT molecular complexity index is 575. The molecule has 94 valence electrons. The van der Waals surface area contributed by atoms with Crippen LogP contribution in [0.1, 0.15) is 23.0 Å². The van der Waals surface area contributed by atoms with Gasteiger partial charge in [0.05, 0.1) is 12.7 Å². The van der Waals surface area contributed by atoms with Gasteiger partial charge in [-0.2, -0.15) is 5.10 Å². The van der Waals surface area contributed by atoms with Crippen LogP contribution in [0, 0.1) is 0 Å². The zero-order chi connectivity index (χ0) is 13.1. The Morgan fingerprint density at radius 1 is 1.50 bits per heavy atom. The number of hydrogen-bond donors (Lipinski definition) is 2. The van der Waals surface area contributed by atoms with Crippen molar-refractivity contribution in [2.75, 3.05) is 12.8 Å². The average molecular weight is 245 g/mol. The number of benzene rings is 1. The number of aromatic nitrogens is 2. The molecule has 0 saturated heterocycles. The fourth-order valence-electron chi connectivity index (χ4n) is 1.89. The minimum atomic E-state index is -0.364. The monoisotopic (exact) mass is 245 g/mol. The molecule has 0 saturated carbocycles. The van der Waals surface area contributed by atoms with Crippen molar-refractivity contribution in [2.24, 2.45) is 0 Å². The van der Waals surface area contributed by atoms with Gasteiger partial charge < -0.3 is 10.5 Å². The number of aryl methyl sites for hydroxylation is 1. The highest BCUT2D eigenvalue weighted by Crippen LogP contribution is 2.28. The molecule has 1 heterocycles. The number of anilines is 1. The molecule has 0 unspecified atom stereocenters. The normalized spacial score (nSPS) is 10.3. The van der Waals surface area contributed by atoms with Crippen LogP contribution in [-0.2, 0) is 11.2 Å². The molecule has 0 radical (unpaired) electrons. The number of esters is 1. The number of H-pyrrole nitrogens is 1. The molecule has 0 bridgehead atoms. The second-order valence-electron chi connectivity index (χ2n) is 3.89. The molecule has 5 nitrogen and oxygen atoms in total. The number of nitrogens with zero attached hydrogens (tertiary/aromatic N) is 1. The first-order valence-corrected chi connectivity index (χ1v) is 5.68. The Kier molecular flexibility index (Phi) is 3.32. The predicted molar refractivity (Wildman–Crippen MR) is 69.2 cm³/mol. The molecule has 0 amide bonds. The number of aromatic amines is 1. The molecule has 1 aromatic heterocycles. The van der Waals surface area contributed by atoms with Crippen molar-refractivity contribution < 1.29 is 9.53 Å². The van der Waals surface area contributed by atoms with Crippen LogP contribution in [-0.4, -0.2) is 23.3 Å². The van der Waals surface area contributed by atoms with E-state index in [1.54, 1.807) is 18.2 Å². The second kappa shape index (κ2) is 4.91. The quantitative estimate of drug-likeness (QED) is 0.810. The van der Waals surface area contributed by atoms with E-state index in [1.807, 2.05) is 13.0 Å². The highest BCUT2D eigenvalue weighted by atomic mass is 16.5. The van der Waals surface area contributed by atoms with Gasteiger partial charge in [0.25, 0.3) is 0 Å². The summed E-state index contributed by atoms with van der Waals surface area (Å²) in [6, 6.07) is 7.16. The van der Waals surface area contributed by atoms with E-state index >= 15 is 0 Å². The van der Waals surface area contributed by atoms with Crippen molar-refractivity contribution >= 4 is 11.8 Å². The van der Waals surface area contributed by atoms with Crippen molar-refractivity contribution in [1.29, 1.82) is 0 Å². The fraction of sp³-hybridized carbons (Fsp3) is 0.231. The van der Waals surface area contributed by atoms with Gasteiger partial charge in [0.15, 0.2) is 5.82 Å². The van der Waals surface area contributed by atoms with Gasteiger partial charge in [0.1, 0.15) is 0 Å². The number of nitrogen functional groups attached to an aromatic ring is 1. The maximum absolute atomic E-state index is 11.5. The van der Waals surface area contributed by atoms with Crippen molar-refractivity contribution in [3.8, 4) is 11.1 Å². The summed E-state index contributed by atoms with van der Waals surface area (Å²) >= 11 is 0. The van der Waals surface area contributed by atoms with E-state index in [-0.39, 0.29) is 5.97 Å². The average Bonchev–Trinajstić information content (AvgIpc) is 2.79. The Hall–Kier alpha value is -2.30. The first kappa shape index (κ1) is 12.2. The summed E-state index contributed by atoms with van der Waals surface area (Å²) in [6.45, 7) is 2.01. The molecule has 0 atom stereocenters. The highest BCUT2D eigenvalue weighted by molar-refractivity contribution is 5.91. The molecule has 5 heteroatoms. The summed E-state index contributed by atoms with van der Waals surface area (Å²) in [5, 5.41) is 6.89. The van der Waals surface area contributed by atoms with Crippen molar-refractivity contribution in [3.05, 3.63) is 35.5 Å². The van der Waals surface area contributed by atoms with Crippen LogP contribution in [0.15, 0.2) is 24.3 Å². The zero-order valence-corrected chi connectivity index (χ0v) is 10.4. The number of ether oxygens (including phenoxy) is 1. The molecule has 3 N–H and O–H groups in total. The molecular weight excluding hydrogens is 230 g/mol. The number of carbonyl (C=O) groups is 1. The maximum Gasteiger partial charge on any atom is 0.337 e. The van der Waals surface area contributed by atoms with Crippen LogP contribution in [0.2, 0.25) is 0 Å². The van der Waals surface area contributed by atoms with E-state index in [0.29, 0.717) is 11.4 Å². The Morgan fingerprint density at radius 2 is 2.28 bits per heavy atom. The Morgan fingerprint density at radius 3 is 2.94 bits per heavy atom. The first-order chi connectivity index (χ1) is 8.67. The molecule has 0 aliphatic carbocycles. The number of nitrogens with two attached hydrogens (primary N) is 1. The zero-order valence-electron chi connectivity index (χ0n) is 10.4. The topological polar surface area (TPSA) is 81.0 Å². The summed E-state index contributed by atoms with van der Waals surface area (Å²) in [6.07, 6.45) is 0.794. The van der Waals surface area contributed by atoms with Crippen LogP contribution in [0.5, 0.6) is 0 Å². The van der Waals surface area contributed by atoms with Gasteiger partial charge in [0, 0.05) is 11.3 Å². The predicted octanol–water partition coefficient (Wildman–Crippen LogP) is 2.01. The van der Waals surface area contributed by atoms with Gasteiger partial charge in [-0.05, 0) is 24.1 Å². The fourth-order valence-corrected chi connectivity index (χ4v) is 1.89. The third kappa shape index (κ3) is 2.07. The molecule has 1 aromatic carbocycles. The molecule has 0 aliphatic heterocycles. The summed E-state index contributed by atoms with van der Waals surface area (Å²) < 4.78 is 4.70. The van der Waals surface area contributed by atoms with E-state index in [2.05, 4.69) is 10.2 Å². The molecule has 0 aliphatic rings. The first-order valence-electron chi connectivity index (χ1n) is 5.68. The molecule has 0 fully saturated rings. The van der Waals surface area contributed by atoms with E-state index in [1.165, 1.54) is 7.11 Å². The van der Waals surface area contributed by atoms with Crippen LogP contribution < -0.4 is 5.73 Å². The number of methoxy groups -OCH3 is 1. The van der Waals surface area contributed by atoms with Gasteiger partial charge >= 0.3 is 5.97 Å². The van der Waals surface area contributed by atoms with Gasteiger partial charge in [-0.1, -0.05) is 19.1 Å². The van der Waals surface area contributed by atoms with Crippen molar-refractivity contribution in [3.63, 3.8) is 0 Å². The number of carbonyl (C=O) groups excluding carboxylic acids is 1. The number of hydrogen-bond acceptors (Lipinski definition) is 4. The molecule has 18 heavy (non-hydrogen) atoms. The minimum absolute atomic E-state index is 0.364. The van der Waals surface area contributed by atoms with E-state index in [4.69, 9.17) is 10.5 Å². The van der Waals surface area contributed by atoms with E-state index in [9.17, 15) is 4.79 Å². The Balaban J connectivity index is 2.51. The molecule has 2 aromatic rings. The summed E-state index contributed by atoms with van der Waals surface area (Å²) in [5.74, 6) is 0.0748. The summed E-state index contributed by atoms with van der Waals surface area (Å²) in [4.78, 5) is 11.5. The van der Waals surface area contributed by atoms with E-state index in [0.717, 1.165) is 23.2 Å². The van der Waals surface area contributed by atoms with Crippen LogP contribution in [0.4, 0.5) is 5.82 Å².